The van der Waals surface area contributed by atoms with Crippen LogP contribution >= 0.6 is 11.6 Å². The molecule has 1 aromatic rings. The quantitative estimate of drug-likeness (QED) is 0.664. The summed E-state index contributed by atoms with van der Waals surface area (Å²) < 4.78 is 10.4. The predicted octanol–water partition coefficient (Wildman–Crippen LogP) is 2.67. The van der Waals surface area contributed by atoms with Gasteiger partial charge >= 0.3 is 18.1 Å². The van der Waals surface area contributed by atoms with Crippen molar-refractivity contribution in [3.63, 3.8) is 0 Å². The molecule has 0 aromatic heterocycles. The number of hydrogen-bond acceptors (Lipinski definition) is 6. The maximum absolute atomic E-state index is 12.7. The van der Waals surface area contributed by atoms with E-state index in [0.29, 0.717) is 54.6 Å². The molecule has 0 bridgehead atoms. The van der Waals surface area contributed by atoms with E-state index >= 15 is 0 Å². The number of urea groups is 1. The van der Waals surface area contributed by atoms with Crippen molar-refractivity contribution < 1.29 is 23.9 Å². The minimum absolute atomic E-state index is 0.301. The number of benzene rings is 1. The molecule has 1 unspecified atom stereocenters. The maximum atomic E-state index is 12.7. The van der Waals surface area contributed by atoms with Crippen LogP contribution in [0.2, 0.25) is 5.02 Å². The largest absolute Gasteiger partial charge is 0.466 e. The fourth-order valence-corrected chi connectivity index (χ4v) is 3.92. The number of nitrogens with one attached hydrogen (secondary N) is 2. The summed E-state index contributed by atoms with van der Waals surface area (Å²) in [6.45, 7) is 7.91. The highest BCUT2D eigenvalue weighted by atomic mass is 35.5. The average Bonchev–Trinajstić information content (AvgIpc) is 2.72. The molecule has 2 N–H and O–H groups in total. The molecule has 0 aliphatic carbocycles. The highest BCUT2D eigenvalue weighted by molar-refractivity contribution is 6.31. The molecule has 2 aliphatic rings. The Balaban J connectivity index is 1.79. The lowest BCUT2D eigenvalue weighted by Gasteiger charge is -2.37. The predicted molar refractivity (Wildman–Crippen MR) is 119 cm³/mol. The minimum atomic E-state index is -0.733. The van der Waals surface area contributed by atoms with Gasteiger partial charge in [0.15, 0.2) is 0 Å². The van der Waals surface area contributed by atoms with Crippen LogP contribution in [0.15, 0.2) is 35.5 Å². The van der Waals surface area contributed by atoms with Gasteiger partial charge in [0.05, 0.1) is 18.7 Å². The van der Waals surface area contributed by atoms with Gasteiger partial charge in [-0.2, -0.15) is 0 Å². The number of ether oxygens (including phenoxy) is 2. The number of amides is 3. The van der Waals surface area contributed by atoms with Crippen LogP contribution in [0.4, 0.5) is 9.59 Å². The van der Waals surface area contributed by atoms with Crippen LogP contribution in [0.1, 0.15) is 32.4 Å². The van der Waals surface area contributed by atoms with Crippen LogP contribution in [0.5, 0.6) is 0 Å². The standard InChI is InChI=1S/C22H29ClN4O5/c1-22(2,3)32-21(30)27-11-9-26(10-12-27)13-16-17(19(28)31-4)18(25-20(29)24-16)14-7-5-6-8-15(14)23/h5-8,18H,9-13H2,1-4H3,(H2,24,25,29). The molecule has 32 heavy (non-hydrogen) atoms. The Hall–Kier alpha value is -2.78. The van der Waals surface area contributed by atoms with Crippen LogP contribution in [-0.2, 0) is 14.3 Å². The molecule has 2 aliphatic heterocycles. The monoisotopic (exact) mass is 464 g/mol. The molecule has 1 aromatic carbocycles. The number of esters is 1. The topological polar surface area (TPSA) is 100 Å². The SMILES string of the molecule is COC(=O)C1=C(CN2CCN(C(=O)OC(C)(C)C)CC2)NC(=O)NC1c1ccccc1Cl. The number of methoxy groups -OCH3 is 1. The fraction of sp³-hybridized carbons (Fsp3) is 0.500. The van der Waals surface area contributed by atoms with Crippen LogP contribution in [0, 0.1) is 0 Å². The summed E-state index contributed by atoms with van der Waals surface area (Å²) in [4.78, 5) is 41.1. The molecule has 9 nitrogen and oxygen atoms in total. The number of carbonyl (C=O) groups is 3. The number of piperazine rings is 1. The number of carbonyl (C=O) groups excluding carboxylic acids is 3. The van der Waals surface area contributed by atoms with Gasteiger partial charge in [0.25, 0.3) is 0 Å². The first-order chi connectivity index (χ1) is 15.1. The van der Waals surface area contributed by atoms with Gasteiger partial charge in [-0.15, -0.1) is 0 Å². The average molecular weight is 465 g/mol. The van der Waals surface area contributed by atoms with Crippen LogP contribution in [-0.4, -0.2) is 73.3 Å². The van der Waals surface area contributed by atoms with E-state index in [4.69, 9.17) is 21.1 Å². The van der Waals surface area contributed by atoms with E-state index in [1.54, 1.807) is 29.2 Å². The lowest BCUT2D eigenvalue weighted by atomic mass is 9.95. The first-order valence-electron chi connectivity index (χ1n) is 10.4. The summed E-state index contributed by atoms with van der Waals surface area (Å²) in [6, 6.07) is 5.88. The van der Waals surface area contributed by atoms with Gasteiger partial charge in [-0.25, -0.2) is 14.4 Å². The molecule has 1 fully saturated rings. The van der Waals surface area contributed by atoms with Crippen molar-refractivity contribution in [2.24, 2.45) is 0 Å². The Morgan fingerprint density at radius 2 is 1.81 bits per heavy atom. The Morgan fingerprint density at radius 3 is 2.41 bits per heavy atom. The number of hydrogen-bond donors (Lipinski definition) is 2. The van der Waals surface area contributed by atoms with Crippen LogP contribution in [0.3, 0.4) is 0 Å². The van der Waals surface area contributed by atoms with Gasteiger partial charge in [-0.05, 0) is 32.4 Å². The van der Waals surface area contributed by atoms with Crippen molar-refractivity contribution in [2.45, 2.75) is 32.4 Å². The van der Waals surface area contributed by atoms with Crippen molar-refractivity contribution in [1.29, 1.82) is 0 Å². The Labute approximate surface area is 192 Å². The van der Waals surface area contributed by atoms with E-state index in [1.807, 2.05) is 20.8 Å². The Morgan fingerprint density at radius 1 is 1.16 bits per heavy atom. The molecule has 174 valence electrons. The van der Waals surface area contributed by atoms with Gasteiger partial charge in [-0.3, -0.25) is 4.90 Å². The van der Waals surface area contributed by atoms with E-state index in [-0.39, 0.29) is 6.09 Å². The first kappa shape index (κ1) is 23.9. The summed E-state index contributed by atoms with van der Waals surface area (Å²) >= 11 is 6.34. The number of nitrogens with zero attached hydrogens (tertiary/aromatic N) is 2. The Kier molecular flexibility index (Phi) is 7.30. The highest BCUT2D eigenvalue weighted by Gasteiger charge is 2.35. The van der Waals surface area contributed by atoms with E-state index < -0.39 is 23.6 Å². The lowest BCUT2D eigenvalue weighted by molar-refractivity contribution is -0.136. The second kappa shape index (κ2) is 9.79. The highest BCUT2D eigenvalue weighted by Crippen LogP contribution is 2.32. The van der Waals surface area contributed by atoms with E-state index in [2.05, 4.69) is 15.5 Å². The number of rotatable bonds is 4. The molecular formula is C22H29ClN4O5. The zero-order chi connectivity index (χ0) is 23.5. The molecule has 0 radical (unpaired) electrons. The van der Waals surface area contributed by atoms with Crippen LogP contribution in [0.25, 0.3) is 0 Å². The summed E-state index contributed by atoms with van der Waals surface area (Å²) in [6.07, 6.45) is -0.347. The molecule has 1 saturated heterocycles. The number of halogens is 1. The van der Waals surface area contributed by atoms with Crippen LogP contribution < -0.4 is 10.6 Å². The minimum Gasteiger partial charge on any atom is -0.466 e. The fourth-order valence-electron chi connectivity index (χ4n) is 3.67. The van der Waals surface area contributed by atoms with Crippen molar-refractivity contribution in [2.75, 3.05) is 39.8 Å². The summed E-state index contributed by atoms with van der Waals surface area (Å²) in [7, 11) is 1.30. The third kappa shape index (κ3) is 5.72. The molecular weight excluding hydrogens is 436 g/mol. The third-order valence-electron chi connectivity index (χ3n) is 5.18. The molecule has 3 rings (SSSR count). The smallest absolute Gasteiger partial charge is 0.410 e. The van der Waals surface area contributed by atoms with Gasteiger partial charge in [0.2, 0.25) is 0 Å². The van der Waals surface area contributed by atoms with E-state index in [9.17, 15) is 14.4 Å². The van der Waals surface area contributed by atoms with Gasteiger partial charge in [0, 0.05) is 43.4 Å². The zero-order valence-corrected chi connectivity index (χ0v) is 19.5. The maximum Gasteiger partial charge on any atom is 0.410 e. The molecule has 0 saturated carbocycles. The van der Waals surface area contributed by atoms with Crippen molar-refractivity contribution >= 4 is 29.7 Å². The first-order valence-corrected chi connectivity index (χ1v) is 10.8. The van der Waals surface area contributed by atoms with Gasteiger partial charge in [0.1, 0.15) is 5.60 Å². The second-order valence-corrected chi connectivity index (χ2v) is 9.09. The summed E-state index contributed by atoms with van der Waals surface area (Å²) in [5, 5.41) is 5.96. The lowest BCUT2D eigenvalue weighted by Crippen LogP contribution is -2.53. The molecule has 2 heterocycles. The van der Waals surface area contributed by atoms with Crippen molar-refractivity contribution in [3.8, 4) is 0 Å². The van der Waals surface area contributed by atoms with Crippen molar-refractivity contribution in [1.82, 2.24) is 20.4 Å². The third-order valence-corrected chi connectivity index (χ3v) is 5.53. The Bertz CT molecular complexity index is 919. The summed E-state index contributed by atoms with van der Waals surface area (Å²) in [5.41, 5.74) is 0.810. The summed E-state index contributed by atoms with van der Waals surface area (Å²) in [5.74, 6) is -0.551. The molecule has 10 heteroatoms. The van der Waals surface area contributed by atoms with Crippen molar-refractivity contribution in [3.05, 3.63) is 46.1 Å². The van der Waals surface area contributed by atoms with E-state index in [0.717, 1.165) is 0 Å². The second-order valence-electron chi connectivity index (χ2n) is 8.68. The van der Waals surface area contributed by atoms with E-state index in [1.165, 1.54) is 7.11 Å². The molecule has 1 atom stereocenters. The zero-order valence-electron chi connectivity index (χ0n) is 18.7. The molecule has 0 spiro atoms. The van der Waals surface area contributed by atoms with Gasteiger partial charge in [-0.1, -0.05) is 29.8 Å². The normalized spacial score (nSPS) is 19.8. The van der Waals surface area contributed by atoms with Gasteiger partial charge < -0.3 is 25.0 Å². The molecule has 3 amide bonds.